The van der Waals surface area contributed by atoms with E-state index in [1.54, 1.807) is 12.3 Å². The van der Waals surface area contributed by atoms with E-state index in [9.17, 15) is 4.39 Å². The van der Waals surface area contributed by atoms with Crippen LogP contribution in [0.5, 0.6) is 0 Å². The number of aryl methyl sites for hydroxylation is 1. The first-order valence-electron chi connectivity index (χ1n) is 5.42. The average Bonchev–Trinajstić information content (AvgIpc) is 2.28. The van der Waals surface area contributed by atoms with Crippen molar-refractivity contribution in [2.24, 2.45) is 5.73 Å². The normalized spacial score (nSPS) is 12.4. The van der Waals surface area contributed by atoms with E-state index in [1.807, 2.05) is 13.0 Å². The highest BCUT2D eigenvalue weighted by molar-refractivity contribution is 6.31. The van der Waals surface area contributed by atoms with Crippen molar-refractivity contribution in [3.05, 3.63) is 58.0 Å². The number of halogens is 2. The van der Waals surface area contributed by atoms with Crippen LogP contribution in [0.2, 0.25) is 5.02 Å². The van der Waals surface area contributed by atoms with E-state index in [4.69, 9.17) is 23.1 Å². The lowest BCUT2D eigenvalue weighted by atomic mass is 9.96. The van der Waals surface area contributed by atoms with Gasteiger partial charge in [-0.15, -0.1) is 0 Å². The first kappa shape index (κ1) is 12.8. The number of hydrogen-bond donors (Lipinski definition) is 2. The van der Waals surface area contributed by atoms with Gasteiger partial charge in [0.05, 0.1) is 6.04 Å². The van der Waals surface area contributed by atoms with Gasteiger partial charge in [0.15, 0.2) is 0 Å². The highest BCUT2D eigenvalue weighted by Crippen LogP contribution is 2.31. The molecule has 1 heterocycles. The SMILES string of the molecule is Cc1ccnc(N)c1C(N)c1ccc(F)cc1Cl. The molecule has 94 valence electrons. The van der Waals surface area contributed by atoms with Crippen LogP contribution in [0.15, 0.2) is 30.5 Å². The predicted molar refractivity (Wildman–Crippen MR) is 70.8 cm³/mol. The molecular weight excluding hydrogens is 253 g/mol. The van der Waals surface area contributed by atoms with Gasteiger partial charge in [-0.05, 0) is 36.2 Å². The summed E-state index contributed by atoms with van der Waals surface area (Å²) in [5.41, 5.74) is 14.2. The second-order valence-electron chi connectivity index (χ2n) is 4.07. The largest absolute Gasteiger partial charge is 0.383 e. The molecule has 1 unspecified atom stereocenters. The Labute approximate surface area is 110 Å². The van der Waals surface area contributed by atoms with E-state index in [0.29, 0.717) is 16.9 Å². The molecule has 1 atom stereocenters. The zero-order valence-corrected chi connectivity index (χ0v) is 10.6. The summed E-state index contributed by atoms with van der Waals surface area (Å²) in [6.07, 6.45) is 1.62. The number of aromatic nitrogens is 1. The number of nitrogens with two attached hydrogens (primary N) is 2. The van der Waals surface area contributed by atoms with Gasteiger partial charge in [0.1, 0.15) is 11.6 Å². The molecule has 0 aliphatic heterocycles. The minimum atomic E-state index is -0.521. The molecule has 0 bridgehead atoms. The fourth-order valence-corrected chi connectivity index (χ4v) is 2.19. The van der Waals surface area contributed by atoms with Gasteiger partial charge in [-0.25, -0.2) is 9.37 Å². The summed E-state index contributed by atoms with van der Waals surface area (Å²) in [6, 6.07) is 5.42. The van der Waals surface area contributed by atoms with Crippen molar-refractivity contribution in [2.75, 3.05) is 5.73 Å². The summed E-state index contributed by atoms with van der Waals surface area (Å²) in [7, 11) is 0. The number of pyridine rings is 1. The first-order valence-corrected chi connectivity index (χ1v) is 5.80. The Morgan fingerprint density at radius 3 is 2.67 bits per heavy atom. The van der Waals surface area contributed by atoms with Crippen LogP contribution in [0.25, 0.3) is 0 Å². The fraction of sp³-hybridized carbons (Fsp3) is 0.154. The first-order chi connectivity index (χ1) is 8.50. The molecule has 0 radical (unpaired) electrons. The topological polar surface area (TPSA) is 64.9 Å². The highest BCUT2D eigenvalue weighted by Gasteiger charge is 2.18. The van der Waals surface area contributed by atoms with Crippen molar-refractivity contribution in [1.29, 1.82) is 0 Å². The lowest BCUT2D eigenvalue weighted by molar-refractivity contribution is 0.626. The maximum atomic E-state index is 13.0. The van der Waals surface area contributed by atoms with E-state index in [1.165, 1.54) is 12.1 Å². The van der Waals surface area contributed by atoms with E-state index >= 15 is 0 Å². The fourth-order valence-electron chi connectivity index (χ4n) is 1.90. The Morgan fingerprint density at radius 1 is 1.33 bits per heavy atom. The van der Waals surface area contributed by atoms with Crippen LogP contribution in [-0.4, -0.2) is 4.98 Å². The third-order valence-corrected chi connectivity index (χ3v) is 3.17. The summed E-state index contributed by atoms with van der Waals surface area (Å²) >= 11 is 6.00. The zero-order valence-electron chi connectivity index (χ0n) is 9.82. The second-order valence-corrected chi connectivity index (χ2v) is 4.48. The Hall–Kier alpha value is -1.65. The smallest absolute Gasteiger partial charge is 0.128 e. The maximum Gasteiger partial charge on any atom is 0.128 e. The minimum Gasteiger partial charge on any atom is -0.383 e. The van der Waals surface area contributed by atoms with Gasteiger partial charge in [-0.3, -0.25) is 0 Å². The van der Waals surface area contributed by atoms with Gasteiger partial charge in [-0.1, -0.05) is 17.7 Å². The second kappa shape index (κ2) is 4.92. The molecular formula is C13H13ClFN3. The Bertz CT molecular complexity index is 566. The summed E-state index contributed by atoms with van der Waals surface area (Å²) in [4.78, 5) is 4.01. The summed E-state index contributed by atoms with van der Waals surface area (Å²) in [6.45, 7) is 1.89. The molecule has 0 saturated heterocycles. The summed E-state index contributed by atoms with van der Waals surface area (Å²) < 4.78 is 13.0. The summed E-state index contributed by atoms with van der Waals surface area (Å²) in [5, 5.41) is 0.283. The van der Waals surface area contributed by atoms with E-state index < -0.39 is 11.9 Å². The maximum absolute atomic E-state index is 13.0. The van der Waals surface area contributed by atoms with Gasteiger partial charge in [-0.2, -0.15) is 0 Å². The van der Waals surface area contributed by atoms with Crippen molar-refractivity contribution in [1.82, 2.24) is 4.98 Å². The van der Waals surface area contributed by atoms with Crippen molar-refractivity contribution >= 4 is 17.4 Å². The van der Waals surface area contributed by atoms with Crippen molar-refractivity contribution < 1.29 is 4.39 Å². The van der Waals surface area contributed by atoms with E-state index in [2.05, 4.69) is 4.98 Å². The number of anilines is 1. The number of hydrogen-bond acceptors (Lipinski definition) is 3. The monoisotopic (exact) mass is 265 g/mol. The quantitative estimate of drug-likeness (QED) is 0.878. The average molecular weight is 266 g/mol. The van der Waals surface area contributed by atoms with E-state index in [0.717, 1.165) is 5.56 Å². The van der Waals surface area contributed by atoms with Crippen LogP contribution in [0.3, 0.4) is 0 Å². The third-order valence-electron chi connectivity index (χ3n) is 2.85. The zero-order chi connectivity index (χ0) is 13.3. The number of nitrogen functional groups attached to an aromatic ring is 1. The van der Waals surface area contributed by atoms with Gasteiger partial charge in [0.2, 0.25) is 0 Å². The Kier molecular flexibility index (Phi) is 3.50. The number of nitrogens with zero attached hydrogens (tertiary/aromatic N) is 1. The molecule has 2 aromatic rings. The molecule has 3 nitrogen and oxygen atoms in total. The lowest BCUT2D eigenvalue weighted by Gasteiger charge is -2.17. The van der Waals surface area contributed by atoms with Crippen molar-refractivity contribution in [3.8, 4) is 0 Å². The van der Waals surface area contributed by atoms with Crippen molar-refractivity contribution in [2.45, 2.75) is 13.0 Å². The number of rotatable bonds is 2. The van der Waals surface area contributed by atoms with Gasteiger partial charge >= 0.3 is 0 Å². The molecule has 1 aromatic carbocycles. The Morgan fingerprint density at radius 2 is 2.06 bits per heavy atom. The van der Waals surface area contributed by atoms with Crippen LogP contribution in [0.1, 0.15) is 22.7 Å². The molecule has 0 amide bonds. The predicted octanol–water partition coefficient (Wildman–Crippen LogP) is 2.81. The summed E-state index contributed by atoms with van der Waals surface area (Å²) in [5.74, 6) is -0.0327. The van der Waals surface area contributed by atoms with Crippen LogP contribution < -0.4 is 11.5 Å². The lowest BCUT2D eigenvalue weighted by Crippen LogP contribution is -2.16. The molecule has 4 N–H and O–H groups in total. The van der Waals surface area contributed by atoms with Crippen LogP contribution in [-0.2, 0) is 0 Å². The van der Waals surface area contributed by atoms with Crippen LogP contribution in [0, 0.1) is 12.7 Å². The minimum absolute atomic E-state index is 0.283. The number of benzene rings is 1. The molecule has 0 saturated carbocycles. The standard InChI is InChI=1S/C13H13ClFN3/c1-7-4-5-18-13(17)11(7)12(16)9-3-2-8(15)6-10(9)14/h2-6,12H,16H2,1H3,(H2,17,18). The third kappa shape index (κ3) is 2.30. The molecule has 0 aliphatic carbocycles. The van der Waals surface area contributed by atoms with Crippen LogP contribution >= 0.6 is 11.6 Å². The molecule has 5 heteroatoms. The Balaban J connectivity index is 2.51. The van der Waals surface area contributed by atoms with Crippen LogP contribution in [0.4, 0.5) is 10.2 Å². The van der Waals surface area contributed by atoms with Gasteiger partial charge in [0, 0.05) is 16.8 Å². The van der Waals surface area contributed by atoms with Gasteiger partial charge in [0.25, 0.3) is 0 Å². The molecule has 18 heavy (non-hydrogen) atoms. The molecule has 0 spiro atoms. The molecule has 0 fully saturated rings. The highest BCUT2D eigenvalue weighted by atomic mass is 35.5. The van der Waals surface area contributed by atoms with Crippen molar-refractivity contribution in [3.63, 3.8) is 0 Å². The molecule has 2 rings (SSSR count). The molecule has 1 aromatic heterocycles. The van der Waals surface area contributed by atoms with Gasteiger partial charge < -0.3 is 11.5 Å². The molecule has 0 aliphatic rings. The van der Waals surface area contributed by atoms with E-state index in [-0.39, 0.29) is 5.02 Å².